The lowest BCUT2D eigenvalue weighted by Gasteiger charge is -2.14. The van der Waals surface area contributed by atoms with Crippen molar-refractivity contribution in [1.82, 2.24) is 9.88 Å². The fraction of sp³-hybridized carbons (Fsp3) is 0.263. The molecule has 0 atom stereocenters. The Morgan fingerprint density at radius 3 is 2.64 bits per heavy atom. The topological polar surface area (TPSA) is 17.0 Å². The van der Waals surface area contributed by atoms with E-state index in [9.17, 15) is 17.6 Å². The van der Waals surface area contributed by atoms with Crippen molar-refractivity contribution in [2.45, 2.75) is 19.1 Å². The first kappa shape index (κ1) is 16.1. The summed E-state index contributed by atoms with van der Waals surface area (Å²) in [5.74, 6) is -0.862. The van der Waals surface area contributed by atoms with Gasteiger partial charge in [-0.1, -0.05) is 12.1 Å². The van der Waals surface area contributed by atoms with Gasteiger partial charge >= 0.3 is 6.18 Å². The van der Waals surface area contributed by atoms with Gasteiger partial charge in [0.1, 0.15) is 5.82 Å². The predicted molar refractivity (Wildman–Crippen MR) is 88.9 cm³/mol. The average Bonchev–Trinajstić information content (AvgIpc) is 2.74. The quantitative estimate of drug-likeness (QED) is 0.636. The van der Waals surface area contributed by atoms with Gasteiger partial charge in [-0.3, -0.25) is 0 Å². The van der Waals surface area contributed by atoms with Gasteiger partial charge in [0.05, 0.1) is 5.56 Å². The fourth-order valence-electron chi connectivity index (χ4n) is 3.54. The molecule has 1 N–H and O–H groups in total. The fourth-order valence-corrected chi connectivity index (χ4v) is 3.54. The maximum absolute atomic E-state index is 14.2. The van der Waals surface area contributed by atoms with Gasteiger partial charge in [-0.15, -0.1) is 0 Å². The first-order valence-electron chi connectivity index (χ1n) is 8.14. The van der Waals surface area contributed by atoms with E-state index in [-0.39, 0.29) is 11.1 Å². The second-order valence-corrected chi connectivity index (χ2v) is 6.22. The van der Waals surface area contributed by atoms with Crippen molar-refractivity contribution in [2.75, 3.05) is 13.1 Å². The smallest absolute Gasteiger partial charge is 0.343 e. The van der Waals surface area contributed by atoms with Gasteiger partial charge in [0.2, 0.25) is 0 Å². The highest BCUT2D eigenvalue weighted by atomic mass is 19.4. The predicted octanol–water partition coefficient (Wildman–Crippen LogP) is 4.61. The maximum atomic E-state index is 14.2. The first-order valence-corrected chi connectivity index (χ1v) is 8.14. The lowest BCUT2D eigenvalue weighted by molar-refractivity contribution is -0.137. The lowest BCUT2D eigenvalue weighted by atomic mass is 9.97. The molecule has 3 aromatic rings. The van der Waals surface area contributed by atoms with Gasteiger partial charge in [0.15, 0.2) is 0 Å². The van der Waals surface area contributed by atoms with Crippen LogP contribution in [0, 0.1) is 5.82 Å². The van der Waals surface area contributed by atoms with Crippen LogP contribution in [0.5, 0.6) is 0 Å². The Hall–Kier alpha value is -2.34. The molecule has 0 saturated carbocycles. The standard InChI is InChI=1S/C19H16F4N2/c20-16-3-1-2-15(19(21,22)23)18(16)12-4-5-17-13(10-12)11-14-6-7-24-8-9-25(14)17/h1-5,10-11,24H,6-9H2. The van der Waals surface area contributed by atoms with Crippen LogP contribution in [-0.4, -0.2) is 17.7 Å². The van der Waals surface area contributed by atoms with Crippen molar-refractivity contribution in [1.29, 1.82) is 0 Å². The van der Waals surface area contributed by atoms with Crippen LogP contribution in [0.15, 0.2) is 42.5 Å². The number of halogens is 4. The van der Waals surface area contributed by atoms with Crippen LogP contribution in [0.2, 0.25) is 0 Å². The minimum absolute atomic E-state index is 0.247. The summed E-state index contributed by atoms with van der Waals surface area (Å²) in [6.45, 7) is 2.53. The van der Waals surface area contributed by atoms with Crippen LogP contribution in [0.3, 0.4) is 0 Å². The summed E-state index contributed by atoms with van der Waals surface area (Å²) in [7, 11) is 0. The molecule has 2 nitrogen and oxygen atoms in total. The zero-order valence-corrected chi connectivity index (χ0v) is 13.3. The second-order valence-electron chi connectivity index (χ2n) is 6.22. The minimum atomic E-state index is -4.60. The molecular formula is C19H16F4N2. The van der Waals surface area contributed by atoms with E-state index in [1.54, 1.807) is 18.2 Å². The highest BCUT2D eigenvalue weighted by Gasteiger charge is 2.35. The lowest BCUT2D eigenvalue weighted by Crippen LogP contribution is -2.17. The molecule has 130 valence electrons. The molecule has 1 aliphatic heterocycles. The monoisotopic (exact) mass is 348 g/mol. The van der Waals surface area contributed by atoms with Crippen LogP contribution in [0.25, 0.3) is 22.0 Å². The minimum Gasteiger partial charge on any atom is -0.343 e. The summed E-state index contributed by atoms with van der Waals surface area (Å²) >= 11 is 0. The van der Waals surface area contributed by atoms with Crippen LogP contribution in [0.4, 0.5) is 17.6 Å². The molecule has 1 aromatic heterocycles. The number of hydrogen-bond acceptors (Lipinski definition) is 1. The molecule has 2 heterocycles. The second kappa shape index (κ2) is 5.88. The maximum Gasteiger partial charge on any atom is 0.417 e. The molecule has 6 heteroatoms. The summed E-state index contributed by atoms with van der Waals surface area (Å²) in [5.41, 5.74) is 1.02. The Morgan fingerprint density at radius 2 is 1.84 bits per heavy atom. The Labute approximate surface area is 142 Å². The molecule has 0 aliphatic carbocycles. The largest absolute Gasteiger partial charge is 0.417 e. The summed E-state index contributed by atoms with van der Waals surface area (Å²) in [4.78, 5) is 0. The molecule has 0 fully saturated rings. The zero-order valence-electron chi connectivity index (χ0n) is 13.3. The third kappa shape index (κ3) is 2.80. The Kier molecular flexibility index (Phi) is 3.80. The Bertz CT molecular complexity index is 940. The SMILES string of the molecule is Fc1cccc(C(F)(F)F)c1-c1ccc2c(c1)cc1n2CCNCC1. The molecule has 25 heavy (non-hydrogen) atoms. The Morgan fingerprint density at radius 1 is 1.00 bits per heavy atom. The molecule has 2 aromatic carbocycles. The van der Waals surface area contributed by atoms with E-state index in [2.05, 4.69) is 9.88 Å². The third-order valence-corrected chi connectivity index (χ3v) is 4.66. The number of nitrogens with zero attached hydrogens (tertiary/aromatic N) is 1. The number of hydrogen-bond donors (Lipinski definition) is 1. The molecular weight excluding hydrogens is 332 g/mol. The van der Waals surface area contributed by atoms with E-state index in [0.717, 1.165) is 60.9 Å². The normalized spacial score (nSPS) is 15.2. The van der Waals surface area contributed by atoms with Gasteiger partial charge in [0, 0.05) is 48.2 Å². The number of alkyl halides is 3. The third-order valence-electron chi connectivity index (χ3n) is 4.66. The van der Waals surface area contributed by atoms with Crippen LogP contribution < -0.4 is 5.32 Å². The number of aromatic nitrogens is 1. The Balaban J connectivity index is 1.89. The van der Waals surface area contributed by atoms with Crippen molar-refractivity contribution in [2.24, 2.45) is 0 Å². The molecule has 0 saturated heterocycles. The van der Waals surface area contributed by atoms with E-state index in [1.165, 1.54) is 0 Å². The van der Waals surface area contributed by atoms with Gasteiger partial charge in [-0.25, -0.2) is 4.39 Å². The molecule has 0 radical (unpaired) electrons. The molecule has 1 aliphatic rings. The van der Waals surface area contributed by atoms with Crippen LogP contribution >= 0.6 is 0 Å². The van der Waals surface area contributed by atoms with Crippen molar-refractivity contribution in [3.63, 3.8) is 0 Å². The van der Waals surface area contributed by atoms with E-state index in [1.807, 2.05) is 6.07 Å². The van der Waals surface area contributed by atoms with E-state index < -0.39 is 17.6 Å². The molecule has 0 amide bonds. The number of nitrogens with one attached hydrogen (secondary N) is 1. The summed E-state index contributed by atoms with van der Waals surface area (Å²) in [6, 6.07) is 10.1. The molecule has 4 rings (SSSR count). The van der Waals surface area contributed by atoms with Gasteiger partial charge in [-0.2, -0.15) is 13.2 Å². The van der Waals surface area contributed by atoms with E-state index in [4.69, 9.17) is 0 Å². The summed E-state index contributed by atoms with van der Waals surface area (Å²) in [5, 5.41) is 4.16. The van der Waals surface area contributed by atoms with Gasteiger partial charge in [0.25, 0.3) is 0 Å². The van der Waals surface area contributed by atoms with Crippen molar-refractivity contribution < 1.29 is 17.6 Å². The van der Waals surface area contributed by atoms with Crippen LogP contribution in [0.1, 0.15) is 11.3 Å². The summed E-state index contributed by atoms with van der Waals surface area (Å²) in [6.07, 6.45) is -3.74. The van der Waals surface area contributed by atoms with Crippen molar-refractivity contribution in [3.05, 3.63) is 59.5 Å². The van der Waals surface area contributed by atoms with Gasteiger partial charge in [-0.05, 0) is 35.9 Å². The molecule has 0 bridgehead atoms. The molecule has 0 unspecified atom stereocenters. The molecule has 0 spiro atoms. The highest BCUT2D eigenvalue weighted by molar-refractivity contribution is 5.87. The first-order chi connectivity index (χ1) is 11.9. The van der Waals surface area contributed by atoms with Crippen LogP contribution in [-0.2, 0) is 19.1 Å². The highest BCUT2D eigenvalue weighted by Crippen LogP contribution is 2.39. The van der Waals surface area contributed by atoms with Gasteiger partial charge < -0.3 is 9.88 Å². The van der Waals surface area contributed by atoms with Crippen molar-refractivity contribution >= 4 is 10.9 Å². The number of benzene rings is 2. The average molecular weight is 348 g/mol. The zero-order chi connectivity index (χ0) is 17.6. The summed E-state index contributed by atoms with van der Waals surface area (Å²) < 4.78 is 56.2. The van der Waals surface area contributed by atoms with Crippen molar-refractivity contribution in [3.8, 4) is 11.1 Å². The number of rotatable bonds is 1. The van der Waals surface area contributed by atoms with E-state index >= 15 is 0 Å². The van der Waals surface area contributed by atoms with E-state index in [0.29, 0.717) is 0 Å². The number of fused-ring (bicyclic) bond motifs is 3.